The van der Waals surface area contributed by atoms with Crippen LogP contribution in [0.15, 0.2) is 77.7 Å². The molecule has 1 fully saturated rings. The second kappa shape index (κ2) is 13.5. The summed E-state index contributed by atoms with van der Waals surface area (Å²) < 4.78 is 28.9. The van der Waals surface area contributed by atoms with Gasteiger partial charge in [0.05, 0.1) is 10.6 Å². The summed E-state index contributed by atoms with van der Waals surface area (Å²) in [6.45, 7) is 5.21. The Kier molecular flexibility index (Phi) is 10.1. The van der Waals surface area contributed by atoms with E-state index in [1.54, 1.807) is 37.3 Å². The fourth-order valence-electron chi connectivity index (χ4n) is 5.04. The number of amides is 2. The van der Waals surface area contributed by atoms with Crippen molar-refractivity contribution in [3.63, 3.8) is 0 Å². The Morgan fingerprint density at radius 2 is 1.54 bits per heavy atom. The van der Waals surface area contributed by atoms with Crippen molar-refractivity contribution in [3.8, 4) is 0 Å². The predicted molar refractivity (Wildman–Crippen MR) is 163 cm³/mol. The number of nitrogens with one attached hydrogen (secondary N) is 1. The van der Waals surface area contributed by atoms with Gasteiger partial charge in [-0.1, -0.05) is 84.5 Å². The Labute approximate surface area is 248 Å². The molecule has 2 amide bonds. The van der Waals surface area contributed by atoms with E-state index in [1.165, 1.54) is 23.1 Å². The van der Waals surface area contributed by atoms with Gasteiger partial charge in [0.1, 0.15) is 12.6 Å². The Balaban J connectivity index is 1.67. The van der Waals surface area contributed by atoms with E-state index in [9.17, 15) is 18.0 Å². The second-order valence-electron chi connectivity index (χ2n) is 10.8. The van der Waals surface area contributed by atoms with Gasteiger partial charge in [0.2, 0.25) is 11.8 Å². The lowest BCUT2D eigenvalue weighted by molar-refractivity contribution is -0.139. The molecule has 0 aliphatic heterocycles. The van der Waals surface area contributed by atoms with Crippen molar-refractivity contribution in [2.75, 3.05) is 10.8 Å². The van der Waals surface area contributed by atoms with Crippen LogP contribution >= 0.6 is 11.6 Å². The number of carbonyl (C=O) groups is 2. The van der Waals surface area contributed by atoms with Crippen LogP contribution in [0.3, 0.4) is 0 Å². The van der Waals surface area contributed by atoms with Crippen LogP contribution in [0.4, 0.5) is 5.69 Å². The Morgan fingerprint density at radius 1 is 0.927 bits per heavy atom. The molecule has 0 saturated heterocycles. The van der Waals surface area contributed by atoms with E-state index in [-0.39, 0.29) is 29.1 Å². The molecule has 1 atom stereocenters. The minimum absolute atomic E-state index is 0.0593. The number of hydrogen-bond acceptors (Lipinski definition) is 4. The van der Waals surface area contributed by atoms with Gasteiger partial charge in [-0.25, -0.2) is 8.42 Å². The van der Waals surface area contributed by atoms with Gasteiger partial charge in [0.25, 0.3) is 10.0 Å². The molecular formula is C32H38ClN3O4S. The van der Waals surface area contributed by atoms with Crippen molar-refractivity contribution in [1.29, 1.82) is 0 Å². The zero-order valence-corrected chi connectivity index (χ0v) is 25.4. The molecule has 4 rings (SSSR count). The molecule has 1 aliphatic rings. The van der Waals surface area contributed by atoms with Crippen molar-refractivity contribution in [2.45, 2.75) is 76.4 Å². The summed E-state index contributed by atoms with van der Waals surface area (Å²) in [4.78, 5) is 29.0. The van der Waals surface area contributed by atoms with Crippen LogP contribution in [0.1, 0.15) is 55.7 Å². The van der Waals surface area contributed by atoms with E-state index in [0.29, 0.717) is 5.02 Å². The number of hydrogen-bond donors (Lipinski definition) is 1. The highest BCUT2D eigenvalue weighted by Crippen LogP contribution is 2.27. The summed E-state index contributed by atoms with van der Waals surface area (Å²) >= 11 is 6.24. The monoisotopic (exact) mass is 595 g/mol. The maximum absolute atomic E-state index is 14.1. The molecule has 1 aliphatic carbocycles. The maximum atomic E-state index is 14.1. The molecule has 7 nitrogen and oxygen atoms in total. The minimum atomic E-state index is -4.14. The van der Waals surface area contributed by atoms with Crippen LogP contribution in [-0.4, -0.2) is 43.8 Å². The van der Waals surface area contributed by atoms with Gasteiger partial charge in [0, 0.05) is 17.6 Å². The predicted octanol–water partition coefficient (Wildman–Crippen LogP) is 6.02. The zero-order valence-electron chi connectivity index (χ0n) is 23.8. The summed E-state index contributed by atoms with van der Waals surface area (Å²) in [6.07, 6.45) is 5.13. The van der Waals surface area contributed by atoms with Crippen molar-refractivity contribution in [1.82, 2.24) is 10.2 Å². The number of carbonyl (C=O) groups excluding carboxylic acids is 2. The van der Waals surface area contributed by atoms with Gasteiger partial charge in [0.15, 0.2) is 0 Å². The molecule has 0 aromatic heterocycles. The third kappa shape index (κ3) is 7.89. The average Bonchev–Trinajstić information content (AvgIpc) is 2.95. The van der Waals surface area contributed by atoms with Crippen molar-refractivity contribution < 1.29 is 18.0 Å². The third-order valence-electron chi connectivity index (χ3n) is 7.58. The number of rotatable bonds is 10. The van der Waals surface area contributed by atoms with Crippen LogP contribution in [0, 0.1) is 13.8 Å². The van der Waals surface area contributed by atoms with Crippen LogP contribution in [0.25, 0.3) is 0 Å². The van der Waals surface area contributed by atoms with Crippen LogP contribution < -0.4 is 9.62 Å². The lowest BCUT2D eigenvalue weighted by Gasteiger charge is -2.33. The summed E-state index contributed by atoms with van der Waals surface area (Å²) in [5.74, 6) is -0.736. The number of anilines is 1. The molecule has 0 heterocycles. The van der Waals surface area contributed by atoms with E-state index in [0.717, 1.165) is 53.1 Å². The first-order chi connectivity index (χ1) is 19.5. The molecule has 9 heteroatoms. The number of benzene rings is 3. The van der Waals surface area contributed by atoms with Gasteiger partial charge in [-0.15, -0.1) is 0 Å². The standard InChI is InChI=1S/C32H38ClN3O4S/c1-23-12-16-26(17-13-23)21-35(25(3)32(38)34-28-9-5-4-6-10-28)31(37)22-36(29-11-7-8-27(33)20-29)41(39,40)30-18-14-24(2)15-19-30/h7-8,11-20,25,28H,4-6,9-10,21-22H2,1-3H3,(H,34,38)/t25-/m1/s1. The molecule has 41 heavy (non-hydrogen) atoms. The molecule has 1 N–H and O–H groups in total. The second-order valence-corrected chi connectivity index (χ2v) is 13.1. The molecule has 0 radical (unpaired) electrons. The fourth-order valence-corrected chi connectivity index (χ4v) is 6.63. The van der Waals surface area contributed by atoms with Gasteiger partial charge < -0.3 is 10.2 Å². The van der Waals surface area contributed by atoms with Gasteiger partial charge in [-0.2, -0.15) is 0 Å². The van der Waals surface area contributed by atoms with Crippen LogP contribution in [0.5, 0.6) is 0 Å². The molecule has 0 spiro atoms. The smallest absolute Gasteiger partial charge is 0.264 e. The normalized spacial score (nSPS) is 14.7. The third-order valence-corrected chi connectivity index (χ3v) is 9.60. The lowest BCUT2D eigenvalue weighted by atomic mass is 9.95. The van der Waals surface area contributed by atoms with E-state index in [1.807, 2.05) is 38.1 Å². The van der Waals surface area contributed by atoms with E-state index >= 15 is 0 Å². The van der Waals surface area contributed by atoms with E-state index in [2.05, 4.69) is 5.32 Å². The number of sulfonamides is 1. The number of nitrogens with zero attached hydrogens (tertiary/aromatic N) is 2. The summed E-state index contributed by atoms with van der Waals surface area (Å²) in [6, 6.07) is 19.9. The maximum Gasteiger partial charge on any atom is 0.264 e. The average molecular weight is 596 g/mol. The van der Waals surface area contributed by atoms with Gasteiger partial charge in [-0.3, -0.25) is 13.9 Å². The highest BCUT2D eigenvalue weighted by molar-refractivity contribution is 7.92. The quantitative estimate of drug-likeness (QED) is 0.311. The van der Waals surface area contributed by atoms with Crippen molar-refractivity contribution in [2.24, 2.45) is 0 Å². The molecule has 0 unspecified atom stereocenters. The Hall–Kier alpha value is -3.36. The van der Waals surface area contributed by atoms with Gasteiger partial charge in [-0.05, 0) is 69.5 Å². The highest BCUT2D eigenvalue weighted by atomic mass is 35.5. The molecule has 3 aromatic carbocycles. The summed E-state index contributed by atoms with van der Waals surface area (Å²) in [7, 11) is -4.14. The summed E-state index contributed by atoms with van der Waals surface area (Å²) in [5, 5.41) is 3.46. The van der Waals surface area contributed by atoms with Gasteiger partial charge >= 0.3 is 0 Å². The number of aryl methyl sites for hydroxylation is 2. The Morgan fingerprint density at radius 3 is 2.15 bits per heavy atom. The fraction of sp³-hybridized carbons (Fsp3) is 0.375. The minimum Gasteiger partial charge on any atom is -0.352 e. The number of halogens is 1. The van der Waals surface area contributed by atoms with Crippen LogP contribution in [0.2, 0.25) is 5.02 Å². The first-order valence-corrected chi connectivity index (χ1v) is 15.9. The largest absolute Gasteiger partial charge is 0.352 e. The van der Waals surface area contributed by atoms with E-state index < -0.39 is 28.5 Å². The van der Waals surface area contributed by atoms with E-state index in [4.69, 9.17) is 11.6 Å². The summed E-state index contributed by atoms with van der Waals surface area (Å²) in [5.41, 5.74) is 3.10. The highest BCUT2D eigenvalue weighted by Gasteiger charge is 2.33. The molecule has 1 saturated carbocycles. The molecule has 3 aromatic rings. The van der Waals surface area contributed by atoms with Crippen LogP contribution in [-0.2, 0) is 26.2 Å². The zero-order chi connectivity index (χ0) is 29.6. The first-order valence-electron chi connectivity index (χ1n) is 14.0. The molecular weight excluding hydrogens is 558 g/mol. The van der Waals surface area contributed by atoms with Crippen molar-refractivity contribution in [3.05, 3.63) is 94.5 Å². The van der Waals surface area contributed by atoms with Crippen molar-refractivity contribution >= 4 is 39.1 Å². The molecule has 0 bridgehead atoms. The first kappa shape index (κ1) is 30.6. The molecule has 218 valence electrons. The Bertz CT molecular complexity index is 1450. The SMILES string of the molecule is Cc1ccc(CN(C(=O)CN(c2cccc(Cl)c2)S(=O)(=O)c2ccc(C)cc2)[C@H](C)C(=O)NC2CCCCC2)cc1. The topological polar surface area (TPSA) is 86.8 Å². The lowest BCUT2D eigenvalue weighted by Crippen LogP contribution is -2.53.